The van der Waals surface area contributed by atoms with E-state index in [2.05, 4.69) is 34.2 Å². The van der Waals surface area contributed by atoms with Gasteiger partial charge in [0.2, 0.25) is 5.89 Å². The molecular formula is C17H30N4O. The van der Waals surface area contributed by atoms with Gasteiger partial charge in [0.05, 0.1) is 12.2 Å². The van der Waals surface area contributed by atoms with Gasteiger partial charge in [0.15, 0.2) is 5.96 Å². The summed E-state index contributed by atoms with van der Waals surface area (Å²) in [6, 6.07) is 0. The topological polar surface area (TPSA) is 53.7 Å². The van der Waals surface area contributed by atoms with E-state index in [0.29, 0.717) is 6.54 Å². The number of aryl methyl sites for hydroxylation is 2. The van der Waals surface area contributed by atoms with Crippen molar-refractivity contribution < 1.29 is 4.42 Å². The third kappa shape index (κ3) is 4.49. The monoisotopic (exact) mass is 306 g/mol. The molecule has 1 aliphatic carbocycles. The largest absolute Gasteiger partial charge is 0.444 e. The minimum atomic E-state index is 0.577. The SMILES string of the molecule is CN=C(NCc1nc(C)c(C)o1)N(C)CC1CCC(C)CC1. The van der Waals surface area contributed by atoms with Crippen LogP contribution in [-0.4, -0.2) is 36.5 Å². The first-order valence-corrected chi connectivity index (χ1v) is 8.34. The number of hydrogen-bond donors (Lipinski definition) is 1. The van der Waals surface area contributed by atoms with Crippen LogP contribution in [0.4, 0.5) is 0 Å². The molecule has 1 aromatic heterocycles. The van der Waals surface area contributed by atoms with Crippen molar-refractivity contribution in [3.8, 4) is 0 Å². The highest BCUT2D eigenvalue weighted by Gasteiger charge is 2.20. The minimum absolute atomic E-state index is 0.577. The van der Waals surface area contributed by atoms with E-state index in [0.717, 1.165) is 41.7 Å². The molecule has 0 radical (unpaired) electrons. The zero-order chi connectivity index (χ0) is 16.1. The fourth-order valence-electron chi connectivity index (χ4n) is 3.14. The Morgan fingerprint density at radius 2 is 2.00 bits per heavy atom. The van der Waals surface area contributed by atoms with Crippen LogP contribution in [-0.2, 0) is 6.54 Å². The molecule has 0 amide bonds. The van der Waals surface area contributed by atoms with Gasteiger partial charge in [0.1, 0.15) is 5.76 Å². The number of aromatic nitrogens is 1. The normalized spacial score (nSPS) is 22.7. The van der Waals surface area contributed by atoms with E-state index < -0.39 is 0 Å². The van der Waals surface area contributed by atoms with Crippen molar-refractivity contribution in [1.29, 1.82) is 0 Å². The van der Waals surface area contributed by atoms with Crippen LogP contribution < -0.4 is 5.32 Å². The lowest BCUT2D eigenvalue weighted by Gasteiger charge is -2.31. The second kappa shape index (κ2) is 7.65. The molecule has 0 atom stereocenters. The lowest BCUT2D eigenvalue weighted by molar-refractivity contribution is 0.250. The Labute approximate surface area is 134 Å². The predicted molar refractivity (Wildman–Crippen MR) is 89.9 cm³/mol. The summed E-state index contributed by atoms with van der Waals surface area (Å²) in [5.41, 5.74) is 0.955. The number of nitrogens with zero attached hydrogens (tertiary/aromatic N) is 3. The average Bonchev–Trinajstić information content (AvgIpc) is 2.81. The molecule has 0 unspecified atom stereocenters. The van der Waals surface area contributed by atoms with Crippen molar-refractivity contribution in [2.24, 2.45) is 16.8 Å². The van der Waals surface area contributed by atoms with Gasteiger partial charge in [-0.05, 0) is 38.5 Å². The van der Waals surface area contributed by atoms with Gasteiger partial charge >= 0.3 is 0 Å². The Balaban J connectivity index is 1.82. The Morgan fingerprint density at radius 1 is 1.32 bits per heavy atom. The zero-order valence-electron chi connectivity index (χ0n) is 14.6. The molecule has 1 heterocycles. The van der Waals surface area contributed by atoms with Crippen molar-refractivity contribution >= 4 is 5.96 Å². The summed E-state index contributed by atoms with van der Waals surface area (Å²) in [5.74, 6) is 4.20. The second-order valence-corrected chi connectivity index (χ2v) is 6.66. The number of hydrogen-bond acceptors (Lipinski definition) is 3. The third-order valence-electron chi connectivity index (χ3n) is 4.71. The van der Waals surface area contributed by atoms with Gasteiger partial charge in [-0.2, -0.15) is 0 Å². The number of nitrogens with one attached hydrogen (secondary N) is 1. The van der Waals surface area contributed by atoms with Gasteiger partial charge in [-0.3, -0.25) is 4.99 Å². The quantitative estimate of drug-likeness (QED) is 0.686. The van der Waals surface area contributed by atoms with Crippen molar-refractivity contribution in [2.45, 2.75) is 53.0 Å². The average molecular weight is 306 g/mol. The van der Waals surface area contributed by atoms with Crippen LogP contribution in [0.25, 0.3) is 0 Å². The van der Waals surface area contributed by atoms with E-state index in [9.17, 15) is 0 Å². The molecule has 0 saturated heterocycles. The molecular weight excluding hydrogens is 276 g/mol. The number of aliphatic imine (C=N–C) groups is 1. The van der Waals surface area contributed by atoms with Crippen molar-refractivity contribution in [2.75, 3.05) is 20.6 Å². The summed E-state index contributed by atoms with van der Waals surface area (Å²) in [7, 11) is 3.94. The fourth-order valence-corrected chi connectivity index (χ4v) is 3.14. The number of oxazole rings is 1. The molecule has 1 saturated carbocycles. The smallest absolute Gasteiger partial charge is 0.214 e. The summed E-state index contributed by atoms with van der Waals surface area (Å²) >= 11 is 0. The van der Waals surface area contributed by atoms with Crippen LogP contribution in [0.1, 0.15) is 50.0 Å². The predicted octanol–water partition coefficient (Wildman–Crippen LogP) is 3.12. The summed E-state index contributed by atoms with van der Waals surface area (Å²) in [4.78, 5) is 11.0. The van der Waals surface area contributed by atoms with Crippen LogP contribution in [0, 0.1) is 25.7 Å². The Kier molecular flexibility index (Phi) is 5.86. The van der Waals surface area contributed by atoms with Gasteiger partial charge < -0.3 is 14.6 Å². The summed E-state index contributed by atoms with van der Waals surface area (Å²) in [5, 5.41) is 3.34. The Morgan fingerprint density at radius 3 is 2.55 bits per heavy atom. The highest BCUT2D eigenvalue weighted by atomic mass is 16.4. The van der Waals surface area contributed by atoms with Gasteiger partial charge in [0, 0.05) is 20.6 Å². The van der Waals surface area contributed by atoms with E-state index in [-0.39, 0.29) is 0 Å². The summed E-state index contributed by atoms with van der Waals surface area (Å²) < 4.78 is 5.60. The molecule has 0 bridgehead atoms. The van der Waals surface area contributed by atoms with Crippen LogP contribution in [0.2, 0.25) is 0 Å². The maximum absolute atomic E-state index is 5.60. The first-order chi connectivity index (χ1) is 10.5. The molecule has 2 rings (SSSR count). The van der Waals surface area contributed by atoms with E-state index in [1.54, 1.807) is 0 Å². The van der Waals surface area contributed by atoms with Gasteiger partial charge in [-0.25, -0.2) is 4.98 Å². The van der Waals surface area contributed by atoms with E-state index in [1.165, 1.54) is 25.7 Å². The summed E-state index contributed by atoms with van der Waals surface area (Å²) in [6.07, 6.45) is 5.39. The molecule has 22 heavy (non-hydrogen) atoms. The molecule has 124 valence electrons. The van der Waals surface area contributed by atoms with Crippen LogP contribution in [0.3, 0.4) is 0 Å². The van der Waals surface area contributed by atoms with Gasteiger partial charge in [-0.15, -0.1) is 0 Å². The van der Waals surface area contributed by atoms with E-state index >= 15 is 0 Å². The lowest BCUT2D eigenvalue weighted by atomic mass is 9.83. The maximum atomic E-state index is 5.60. The molecule has 1 fully saturated rings. The first kappa shape index (κ1) is 16.8. The maximum Gasteiger partial charge on any atom is 0.214 e. The highest BCUT2D eigenvalue weighted by molar-refractivity contribution is 5.79. The first-order valence-electron chi connectivity index (χ1n) is 8.34. The minimum Gasteiger partial charge on any atom is -0.444 e. The van der Waals surface area contributed by atoms with Crippen LogP contribution in [0.15, 0.2) is 9.41 Å². The van der Waals surface area contributed by atoms with Crippen molar-refractivity contribution in [3.05, 3.63) is 17.3 Å². The Hall–Kier alpha value is -1.52. The van der Waals surface area contributed by atoms with E-state index in [1.807, 2.05) is 20.9 Å². The molecule has 5 heteroatoms. The second-order valence-electron chi connectivity index (χ2n) is 6.66. The number of rotatable bonds is 4. The van der Waals surface area contributed by atoms with Crippen molar-refractivity contribution in [3.63, 3.8) is 0 Å². The molecule has 1 aromatic rings. The molecule has 0 aliphatic heterocycles. The standard InChI is InChI=1S/C17H30N4O/c1-12-6-8-15(9-7-12)11-21(5)17(18-4)19-10-16-20-13(2)14(3)22-16/h12,15H,6-11H2,1-5H3,(H,18,19). The van der Waals surface area contributed by atoms with Crippen LogP contribution >= 0.6 is 0 Å². The summed E-state index contributed by atoms with van der Waals surface area (Å²) in [6.45, 7) is 7.91. The lowest BCUT2D eigenvalue weighted by Crippen LogP contribution is -2.41. The highest BCUT2D eigenvalue weighted by Crippen LogP contribution is 2.28. The van der Waals surface area contributed by atoms with Crippen molar-refractivity contribution in [1.82, 2.24) is 15.2 Å². The number of guanidine groups is 1. The molecule has 5 nitrogen and oxygen atoms in total. The molecule has 0 spiro atoms. The molecule has 1 aliphatic rings. The molecule has 1 N–H and O–H groups in total. The van der Waals surface area contributed by atoms with Gasteiger partial charge in [0.25, 0.3) is 0 Å². The van der Waals surface area contributed by atoms with E-state index in [4.69, 9.17) is 4.42 Å². The zero-order valence-corrected chi connectivity index (χ0v) is 14.6. The third-order valence-corrected chi connectivity index (χ3v) is 4.71. The Bertz CT molecular complexity index is 481. The fraction of sp³-hybridized carbons (Fsp3) is 0.765. The van der Waals surface area contributed by atoms with Crippen LogP contribution in [0.5, 0.6) is 0 Å². The van der Waals surface area contributed by atoms with Gasteiger partial charge in [-0.1, -0.05) is 19.8 Å². The molecule has 0 aromatic carbocycles.